The Labute approximate surface area is 254 Å². The minimum absolute atomic E-state index is 0.0222. The van der Waals surface area contributed by atoms with Crippen molar-refractivity contribution in [3.8, 4) is 0 Å². The number of ketones is 1. The van der Waals surface area contributed by atoms with Gasteiger partial charge in [-0.2, -0.15) is 0 Å². The number of pyridine rings is 1. The van der Waals surface area contributed by atoms with Gasteiger partial charge in [0.25, 0.3) is 0 Å². The number of nitrogens with two attached hydrogens (primary N) is 1. The van der Waals surface area contributed by atoms with Crippen molar-refractivity contribution in [3.05, 3.63) is 57.1 Å². The number of fused-ring (bicyclic) bond motifs is 4. The van der Waals surface area contributed by atoms with Gasteiger partial charge in [-0.05, 0) is 79.4 Å². The molecule has 2 aromatic rings. The minimum Gasteiger partial charge on any atom is -0.458 e. The Balaban J connectivity index is 1.45. The summed E-state index contributed by atoms with van der Waals surface area (Å²) in [7, 11) is 0. The molecule has 2 amide bonds. The monoisotopic (exact) mass is 604 g/mol. The molecule has 1 aromatic heterocycles. The van der Waals surface area contributed by atoms with Crippen LogP contribution in [0.5, 0.6) is 0 Å². The van der Waals surface area contributed by atoms with Gasteiger partial charge in [0.2, 0.25) is 11.8 Å². The predicted molar refractivity (Wildman–Crippen MR) is 159 cm³/mol. The van der Waals surface area contributed by atoms with Crippen LogP contribution in [0.2, 0.25) is 0 Å². The lowest BCUT2D eigenvalue weighted by molar-refractivity contribution is -0.163. The number of carbonyl (C=O) groups excluding carboxylic acids is 4. The quantitative estimate of drug-likeness (QED) is 0.366. The fourth-order valence-electron chi connectivity index (χ4n) is 7.02. The molecular formula is C33H37FN4O6. The van der Waals surface area contributed by atoms with Gasteiger partial charge < -0.3 is 26.2 Å². The van der Waals surface area contributed by atoms with Crippen LogP contribution in [0.3, 0.4) is 0 Å². The number of Topliss-reactive ketones (excluding diaryl/α,β-unsaturated/α-hetero) is 1. The first kappa shape index (κ1) is 30.1. The number of esters is 1. The molecule has 0 radical (unpaired) electrons. The third-order valence-electron chi connectivity index (χ3n) is 9.80. The number of aliphatic hydroxyl groups is 1. The Morgan fingerprint density at radius 3 is 2.64 bits per heavy atom. The molecule has 4 aliphatic rings. The summed E-state index contributed by atoms with van der Waals surface area (Å²) in [5, 5.41) is 17.8. The lowest BCUT2D eigenvalue weighted by atomic mass is 9.75. The number of rotatable bonds is 6. The number of carbonyl (C=O) groups is 4. The van der Waals surface area contributed by atoms with E-state index in [9.17, 15) is 24.3 Å². The molecule has 11 heteroatoms. The molecule has 1 aromatic carbocycles. The van der Waals surface area contributed by atoms with Crippen molar-refractivity contribution in [2.24, 2.45) is 17.6 Å². The van der Waals surface area contributed by atoms with Crippen LogP contribution in [0.15, 0.2) is 23.3 Å². The highest BCUT2D eigenvalue weighted by Gasteiger charge is 2.51. The highest BCUT2D eigenvalue weighted by molar-refractivity contribution is 6.12. The molecule has 2 heterocycles. The second-order valence-corrected chi connectivity index (χ2v) is 12.7. The van der Waals surface area contributed by atoms with E-state index in [4.69, 9.17) is 15.5 Å². The van der Waals surface area contributed by atoms with Crippen LogP contribution in [-0.4, -0.2) is 57.9 Å². The third-order valence-corrected chi connectivity index (χ3v) is 9.80. The second kappa shape index (κ2) is 10.6. The first-order valence-corrected chi connectivity index (χ1v) is 15.2. The van der Waals surface area contributed by atoms with E-state index in [1.165, 1.54) is 6.07 Å². The van der Waals surface area contributed by atoms with Gasteiger partial charge in [-0.15, -0.1) is 0 Å². The fourth-order valence-corrected chi connectivity index (χ4v) is 7.02. The molecule has 44 heavy (non-hydrogen) atoms. The Hall–Kier alpha value is -3.96. The average molecular weight is 605 g/mol. The lowest BCUT2D eigenvalue weighted by Crippen LogP contribution is -2.52. The number of aryl methyl sites for hydroxylation is 1. The molecule has 5 N–H and O–H groups in total. The molecule has 5 atom stereocenters. The molecule has 1 unspecified atom stereocenters. The highest BCUT2D eigenvalue weighted by Crippen LogP contribution is 2.50. The van der Waals surface area contributed by atoms with Crippen LogP contribution in [0.4, 0.5) is 4.39 Å². The summed E-state index contributed by atoms with van der Waals surface area (Å²) < 4.78 is 20.4. The summed E-state index contributed by atoms with van der Waals surface area (Å²) in [6.45, 7) is 8.39. The summed E-state index contributed by atoms with van der Waals surface area (Å²) in [5.41, 5.74) is 8.84. The number of nitrogens with one attached hydrogen (secondary N) is 2. The summed E-state index contributed by atoms with van der Waals surface area (Å²) in [4.78, 5) is 57.3. The van der Waals surface area contributed by atoms with E-state index in [2.05, 4.69) is 10.6 Å². The van der Waals surface area contributed by atoms with Crippen LogP contribution >= 0.6 is 0 Å². The smallest absolute Gasteiger partial charge is 0.343 e. The number of amides is 2. The molecule has 1 aliphatic heterocycles. The first-order chi connectivity index (χ1) is 20.8. The molecule has 0 bridgehead atoms. The molecule has 0 fully saturated rings. The van der Waals surface area contributed by atoms with Gasteiger partial charge in [-0.25, -0.2) is 14.2 Å². The van der Waals surface area contributed by atoms with Gasteiger partial charge in [0, 0.05) is 22.6 Å². The van der Waals surface area contributed by atoms with E-state index >= 15 is 4.39 Å². The standard InChI is InChI=1S/C33H37FN4O6/c1-6-33(43)21-10-17-18(29(39)20(21)12-44-32(33)42)9-19-26-23(38-30(40)15(5)36-31(41)27(35)13(2)3)8-7-16-14(4)22(34)11-24(25(16)26)37-28(17)19/h10-11,13,15,18,23,27,43H,6-9,12,35H2,1-5H3,(H,36,41)(H,38,40)/t15-,18?,23-,27-,33-/m0/s1. The summed E-state index contributed by atoms with van der Waals surface area (Å²) in [5.74, 6) is -2.98. The number of hydrogen-bond acceptors (Lipinski definition) is 8. The van der Waals surface area contributed by atoms with Crippen LogP contribution in [0.25, 0.3) is 16.5 Å². The van der Waals surface area contributed by atoms with E-state index in [-0.39, 0.29) is 35.9 Å². The lowest BCUT2D eigenvalue weighted by Gasteiger charge is -2.35. The minimum atomic E-state index is -1.96. The number of nitrogens with zero attached hydrogens (tertiary/aromatic N) is 1. The number of allylic oxidation sites excluding steroid dienone is 1. The molecular weight excluding hydrogens is 567 g/mol. The summed E-state index contributed by atoms with van der Waals surface area (Å²) in [6.07, 6.45) is 2.98. The zero-order valence-corrected chi connectivity index (χ0v) is 25.5. The normalized spacial score (nSPS) is 25.2. The van der Waals surface area contributed by atoms with Gasteiger partial charge in [0.1, 0.15) is 18.5 Å². The molecule has 10 nitrogen and oxygen atoms in total. The van der Waals surface area contributed by atoms with Crippen LogP contribution in [-0.2, 0) is 36.8 Å². The van der Waals surface area contributed by atoms with Crippen molar-refractivity contribution in [3.63, 3.8) is 0 Å². The number of hydrogen-bond donors (Lipinski definition) is 4. The van der Waals surface area contributed by atoms with Crippen molar-refractivity contribution >= 4 is 40.0 Å². The molecule has 0 saturated carbocycles. The van der Waals surface area contributed by atoms with Crippen molar-refractivity contribution in [1.82, 2.24) is 15.6 Å². The van der Waals surface area contributed by atoms with Gasteiger partial charge >= 0.3 is 5.97 Å². The molecule has 6 rings (SSSR count). The maximum Gasteiger partial charge on any atom is 0.343 e. The topological polar surface area (TPSA) is 161 Å². The number of benzene rings is 1. The van der Waals surface area contributed by atoms with E-state index in [0.29, 0.717) is 41.6 Å². The molecule has 3 aliphatic carbocycles. The van der Waals surface area contributed by atoms with Crippen molar-refractivity contribution < 1.29 is 33.4 Å². The summed E-state index contributed by atoms with van der Waals surface area (Å²) in [6, 6.07) is -0.733. The molecule has 232 valence electrons. The molecule has 0 saturated heterocycles. The Morgan fingerprint density at radius 2 is 1.95 bits per heavy atom. The van der Waals surface area contributed by atoms with Crippen molar-refractivity contribution in [2.45, 2.75) is 84.0 Å². The fraction of sp³-hybridized carbons (Fsp3) is 0.485. The maximum atomic E-state index is 15.1. The van der Waals surface area contributed by atoms with E-state index < -0.39 is 53.2 Å². The zero-order chi connectivity index (χ0) is 31.8. The van der Waals surface area contributed by atoms with Gasteiger partial charge in [0.05, 0.1) is 29.2 Å². The molecule has 0 spiro atoms. The summed E-state index contributed by atoms with van der Waals surface area (Å²) >= 11 is 0. The Bertz CT molecular complexity index is 1730. The highest BCUT2D eigenvalue weighted by atomic mass is 19.1. The van der Waals surface area contributed by atoms with Crippen LogP contribution in [0, 0.1) is 24.6 Å². The van der Waals surface area contributed by atoms with Gasteiger partial charge in [-0.3, -0.25) is 14.4 Å². The zero-order valence-electron chi connectivity index (χ0n) is 25.5. The van der Waals surface area contributed by atoms with Crippen molar-refractivity contribution in [2.75, 3.05) is 6.61 Å². The third kappa shape index (κ3) is 4.39. The first-order valence-electron chi connectivity index (χ1n) is 15.2. The van der Waals surface area contributed by atoms with E-state index in [1.54, 1.807) is 26.8 Å². The Kier molecular flexibility index (Phi) is 7.24. The van der Waals surface area contributed by atoms with E-state index in [1.807, 2.05) is 13.8 Å². The maximum absolute atomic E-state index is 15.1. The predicted octanol–water partition coefficient (Wildman–Crippen LogP) is 2.41. The van der Waals surface area contributed by atoms with Crippen LogP contribution in [0.1, 0.15) is 74.5 Å². The second-order valence-electron chi connectivity index (χ2n) is 12.7. The number of aromatic nitrogens is 1. The number of ether oxygens (including phenoxy) is 1. The van der Waals surface area contributed by atoms with Gasteiger partial charge in [0.15, 0.2) is 11.4 Å². The van der Waals surface area contributed by atoms with Crippen molar-refractivity contribution in [1.29, 1.82) is 0 Å². The SMILES string of the molecule is CC[C@@]1(O)C(=O)OCC2=C1C=C1c3nc4cc(F)c(C)c5c4c(c3CC1C2=O)[C@@H](NC(=O)[C@H](C)NC(=O)[C@@H](N)C(C)C)CC5. The van der Waals surface area contributed by atoms with Crippen LogP contribution < -0.4 is 16.4 Å². The number of halogens is 1. The van der Waals surface area contributed by atoms with E-state index in [0.717, 1.165) is 22.1 Å². The largest absolute Gasteiger partial charge is 0.458 e. The Morgan fingerprint density at radius 1 is 1.23 bits per heavy atom. The van der Waals surface area contributed by atoms with Gasteiger partial charge in [-0.1, -0.05) is 20.8 Å². The average Bonchev–Trinajstić information content (AvgIpc) is 3.36. The number of cyclic esters (lactones) is 1.